The second-order valence-corrected chi connectivity index (χ2v) is 2.51. The molecule has 0 bridgehead atoms. The van der Waals surface area contributed by atoms with Gasteiger partial charge in [-0.2, -0.15) is 0 Å². The second kappa shape index (κ2) is 5.07. The summed E-state index contributed by atoms with van der Waals surface area (Å²) in [5.74, 6) is 1.58. The number of allylic oxidation sites excluding steroid dienone is 1. The number of rotatable bonds is 3. The number of hydrogen-bond acceptors (Lipinski definition) is 2. The first-order chi connectivity index (χ1) is 3.81. The van der Waals surface area contributed by atoms with Gasteiger partial charge in [-0.25, -0.2) is 0 Å². The van der Waals surface area contributed by atoms with Gasteiger partial charge in [0.15, 0.2) is 0 Å². The topological polar surface area (TPSA) is 26.3 Å². The minimum Gasteiger partial charge on any atom is -0.328 e. The standard InChI is InChI=1S/C5H11O2P/c1-3-5-8(6)7-4-2/h3,5,8H,4H2,1-2H3/b5-3+. The maximum Gasteiger partial charge on any atom is 0.213 e. The van der Waals surface area contributed by atoms with Crippen LogP contribution in [-0.4, -0.2) is 6.61 Å². The van der Waals surface area contributed by atoms with Gasteiger partial charge in [-0.3, -0.25) is 4.57 Å². The van der Waals surface area contributed by atoms with Gasteiger partial charge in [-0.1, -0.05) is 6.08 Å². The zero-order valence-electron chi connectivity index (χ0n) is 5.18. The van der Waals surface area contributed by atoms with Crippen LogP contribution in [-0.2, 0) is 9.09 Å². The van der Waals surface area contributed by atoms with E-state index in [0.717, 1.165) is 0 Å². The van der Waals surface area contributed by atoms with Crippen molar-refractivity contribution in [2.75, 3.05) is 6.61 Å². The van der Waals surface area contributed by atoms with E-state index < -0.39 is 8.03 Å². The molecule has 0 aliphatic heterocycles. The first-order valence-electron chi connectivity index (χ1n) is 2.60. The molecule has 48 valence electrons. The Balaban J connectivity index is 3.33. The van der Waals surface area contributed by atoms with Crippen molar-refractivity contribution in [3.8, 4) is 0 Å². The van der Waals surface area contributed by atoms with Crippen LogP contribution in [0.3, 0.4) is 0 Å². The van der Waals surface area contributed by atoms with Crippen LogP contribution < -0.4 is 0 Å². The SMILES string of the molecule is C/C=C/[PH](=O)OCC. The fraction of sp³-hybridized carbons (Fsp3) is 0.600. The second-order valence-electron chi connectivity index (χ2n) is 1.25. The molecule has 0 aromatic heterocycles. The predicted molar refractivity (Wildman–Crippen MR) is 35.4 cm³/mol. The lowest BCUT2D eigenvalue weighted by atomic mass is 10.8. The van der Waals surface area contributed by atoms with Crippen LogP contribution in [0.15, 0.2) is 11.9 Å². The van der Waals surface area contributed by atoms with Gasteiger partial charge in [0.1, 0.15) is 0 Å². The maximum absolute atomic E-state index is 10.5. The highest BCUT2D eigenvalue weighted by Crippen LogP contribution is 2.22. The van der Waals surface area contributed by atoms with Gasteiger partial charge in [0, 0.05) is 0 Å². The third-order valence-corrected chi connectivity index (χ3v) is 1.77. The average Bonchev–Trinajstić information content (AvgIpc) is 1.68. The van der Waals surface area contributed by atoms with Crippen molar-refractivity contribution < 1.29 is 9.09 Å². The Labute approximate surface area is 50.4 Å². The van der Waals surface area contributed by atoms with E-state index >= 15 is 0 Å². The van der Waals surface area contributed by atoms with Gasteiger partial charge < -0.3 is 4.52 Å². The first kappa shape index (κ1) is 7.93. The summed E-state index contributed by atoms with van der Waals surface area (Å²) >= 11 is 0. The summed E-state index contributed by atoms with van der Waals surface area (Å²) in [7, 11) is -1.82. The van der Waals surface area contributed by atoms with Gasteiger partial charge in [0.05, 0.1) is 6.61 Å². The van der Waals surface area contributed by atoms with Crippen LogP contribution in [0.1, 0.15) is 13.8 Å². The van der Waals surface area contributed by atoms with Crippen molar-refractivity contribution >= 4 is 8.03 Å². The molecule has 0 aromatic carbocycles. The molecule has 3 heteroatoms. The summed E-state index contributed by atoms with van der Waals surface area (Å²) in [6.45, 7) is 4.18. The highest BCUT2D eigenvalue weighted by molar-refractivity contribution is 7.42. The summed E-state index contributed by atoms with van der Waals surface area (Å²) in [5.41, 5.74) is 0. The lowest BCUT2D eigenvalue weighted by Crippen LogP contribution is -1.72. The van der Waals surface area contributed by atoms with Gasteiger partial charge in [-0.05, 0) is 19.7 Å². The van der Waals surface area contributed by atoms with Gasteiger partial charge in [-0.15, -0.1) is 0 Å². The third-order valence-electron chi connectivity index (χ3n) is 0.589. The highest BCUT2D eigenvalue weighted by Gasteiger charge is 1.85. The number of hydrogen-bond donors (Lipinski definition) is 0. The summed E-state index contributed by atoms with van der Waals surface area (Å²) in [6.07, 6.45) is 1.73. The molecule has 8 heavy (non-hydrogen) atoms. The largest absolute Gasteiger partial charge is 0.328 e. The Morgan fingerprint density at radius 2 is 2.38 bits per heavy atom. The van der Waals surface area contributed by atoms with Gasteiger partial charge in [0.25, 0.3) is 0 Å². The van der Waals surface area contributed by atoms with E-state index in [1.807, 2.05) is 13.8 Å². The van der Waals surface area contributed by atoms with Crippen molar-refractivity contribution in [1.29, 1.82) is 0 Å². The van der Waals surface area contributed by atoms with E-state index in [1.54, 1.807) is 11.9 Å². The molecule has 2 nitrogen and oxygen atoms in total. The highest BCUT2D eigenvalue weighted by atomic mass is 31.1. The molecule has 0 amide bonds. The van der Waals surface area contributed by atoms with E-state index in [9.17, 15) is 4.57 Å². The van der Waals surface area contributed by atoms with Crippen LogP contribution >= 0.6 is 8.03 Å². The molecule has 0 aliphatic carbocycles. The maximum atomic E-state index is 10.5. The molecular weight excluding hydrogens is 123 g/mol. The van der Waals surface area contributed by atoms with E-state index in [-0.39, 0.29) is 0 Å². The summed E-state index contributed by atoms with van der Waals surface area (Å²) in [6, 6.07) is 0. The molecule has 0 N–H and O–H groups in total. The predicted octanol–water partition coefficient (Wildman–Crippen LogP) is 2.03. The molecule has 0 spiro atoms. The quantitative estimate of drug-likeness (QED) is 0.552. The molecular formula is C5H11O2P. The van der Waals surface area contributed by atoms with Crippen molar-refractivity contribution in [2.45, 2.75) is 13.8 Å². The van der Waals surface area contributed by atoms with E-state index in [1.165, 1.54) is 0 Å². The Hall–Kier alpha value is -0.0700. The Bertz CT molecular complexity index is 98.6. The molecule has 0 saturated carbocycles. The Kier molecular flexibility index (Phi) is 5.03. The smallest absolute Gasteiger partial charge is 0.213 e. The summed E-state index contributed by atoms with van der Waals surface area (Å²) < 4.78 is 15.3. The van der Waals surface area contributed by atoms with E-state index in [4.69, 9.17) is 4.52 Å². The zero-order chi connectivity index (χ0) is 6.41. The molecule has 0 aliphatic rings. The summed E-state index contributed by atoms with van der Waals surface area (Å²) in [4.78, 5) is 0. The lowest BCUT2D eigenvalue weighted by Gasteiger charge is -1.90. The Morgan fingerprint density at radius 3 is 2.75 bits per heavy atom. The normalized spacial score (nSPS) is 14.8. The fourth-order valence-corrected chi connectivity index (χ4v) is 0.979. The molecule has 0 radical (unpaired) electrons. The Morgan fingerprint density at radius 1 is 1.75 bits per heavy atom. The molecule has 1 atom stereocenters. The average molecular weight is 134 g/mol. The lowest BCUT2D eigenvalue weighted by molar-refractivity contribution is 0.356. The fourth-order valence-electron chi connectivity index (χ4n) is 0.326. The molecule has 0 saturated heterocycles. The van der Waals surface area contributed by atoms with Crippen LogP contribution in [0, 0.1) is 0 Å². The molecule has 0 aromatic rings. The van der Waals surface area contributed by atoms with Crippen molar-refractivity contribution in [3.05, 3.63) is 11.9 Å². The zero-order valence-corrected chi connectivity index (χ0v) is 6.18. The van der Waals surface area contributed by atoms with Crippen LogP contribution in [0.5, 0.6) is 0 Å². The van der Waals surface area contributed by atoms with E-state index in [0.29, 0.717) is 6.61 Å². The van der Waals surface area contributed by atoms with Crippen molar-refractivity contribution in [1.82, 2.24) is 0 Å². The molecule has 0 fully saturated rings. The van der Waals surface area contributed by atoms with Crippen molar-refractivity contribution in [3.63, 3.8) is 0 Å². The molecule has 0 rings (SSSR count). The van der Waals surface area contributed by atoms with Gasteiger partial charge in [0.2, 0.25) is 8.03 Å². The third kappa shape index (κ3) is 4.10. The monoisotopic (exact) mass is 134 g/mol. The minimum absolute atomic E-state index is 0.530. The van der Waals surface area contributed by atoms with E-state index in [2.05, 4.69) is 0 Å². The first-order valence-corrected chi connectivity index (χ1v) is 4.00. The van der Waals surface area contributed by atoms with Gasteiger partial charge >= 0.3 is 0 Å². The molecule has 0 heterocycles. The molecule has 1 unspecified atom stereocenters. The van der Waals surface area contributed by atoms with Crippen LogP contribution in [0.2, 0.25) is 0 Å². The van der Waals surface area contributed by atoms with Crippen LogP contribution in [0.4, 0.5) is 0 Å². The summed E-state index contributed by atoms with van der Waals surface area (Å²) in [5, 5.41) is 0. The van der Waals surface area contributed by atoms with Crippen LogP contribution in [0.25, 0.3) is 0 Å². The minimum atomic E-state index is -1.82. The van der Waals surface area contributed by atoms with Crippen molar-refractivity contribution in [2.24, 2.45) is 0 Å².